The van der Waals surface area contributed by atoms with E-state index in [-0.39, 0.29) is 11.1 Å². The van der Waals surface area contributed by atoms with Crippen molar-refractivity contribution in [2.45, 2.75) is 161 Å². The molecule has 1 heterocycles. The maximum absolute atomic E-state index is 12.9. The molecule has 3 nitrogen and oxygen atoms in total. The van der Waals surface area contributed by atoms with Crippen LogP contribution in [-0.2, 0) is 9.53 Å². The van der Waals surface area contributed by atoms with E-state index in [1.54, 1.807) is 0 Å². The Bertz CT molecular complexity index is 442. The second-order valence-electron chi connectivity index (χ2n) is 11.3. The van der Waals surface area contributed by atoms with Crippen LogP contribution in [0.1, 0.15) is 150 Å². The number of amides is 1. The van der Waals surface area contributed by atoms with E-state index < -0.39 is 0 Å². The average molecular weight is 438 g/mol. The lowest BCUT2D eigenvalue weighted by molar-refractivity contribution is -0.167. The van der Waals surface area contributed by atoms with Gasteiger partial charge in [-0.15, -0.1) is 0 Å². The molecule has 1 aliphatic rings. The summed E-state index contributed by atoms with van der Waals surface area (Å²) in [4.78, 5) is 15.0. The van der Waals surface area contributed by atoms with Crippen LogP contribution < -0.4 is 0 Å². The standard InChI is InChI=1S/C28H55NO2/c1-6-7-8-9-10-11-12-13-14-15-16-17-18-19-20-21-22-23-26(30)29-27(2,3)24-31-25-28(29,4)5/h6-25H2,1-5H3. The first-order valence-electron chi connectivity index (χ1n) is 13.7. The molecule has 0 aromatic rings. The normalized spacial score (nSPS) is 17.8. The van der Waals surface area contributed by atoms with E-state index in [4.69, 9.17) is 4.74 Å². The monoisotopic (exact) mass is 437 g/mol. The van der Waals surface area contributed by atoms with Gasteiger partial charge in [0.25, 0.3) is 0 Å². The third kappa shape index (κ3) is 12.3. The first kappa shape index (κ1) is 28.5. The van der Waals surface area contributed by atoms with E-state index in [0.717, 1.165) is 6.42 Å². The smallest absolute Gasteiger partial charge is 0.223 e. The van der Waals surface area contributed by atoms with E-state index in [9.17, 15) is 4.79 Å². The van der Waals surface area contributed by atoms with Gasteiger partial charge in [-0.25, -0.2) is 0 Å². The Balaban J connectivity index is 1.92. The van der Waals surface area contributed by atoms with Gasteiger partial charge in [0.1, 0.15) is 0 Å². The summed E-state index contributed by atoms with van der Waals surface area (Å²) in [7, 11) is 0. The van der Waals surface area contributed by atoms with Crippen LogP contribution in [0.25, 0.3) is 0 Å². The molecule has 0 N–H and O–H groups in total. The number of ether oxygens (including phenoxy) is 1. The predicted octanol–water partition coefficient (Wildman–Crippen LogP) is 8.44. The molecule has 1 rings (SSSR count). The van der Waals surface area contributed by atoms with Gasteiger partial charge in [0.2, 0.25) is 5.91 Å². The van der Waals surface area contributed by atoms with Crippen molar-refractivity contribution in [2.24, 2.45) is 0 Å². The Morgan fingerprint density at radius 1 is 0.613 bits per heavy atom. The number of nitrogens with zero attached hydrogens (tertiary/aromatic N) is 1. The van der Waals surface area contributed by atoms with Crippen LogP contribution in [0.5, 0.6) is 0 Å². The van der Waals surface area contributed by atoms with Gasteiger partial charge in [0.05, 0.1) is 24.3 Å². The van der Waals surface area contributed by atoms with Gasteiger partial charge in [0, 0.05) is 6.42 Å². The number of morpholine rings is 1. The molecule has 0 radical (unpaired) electrons. The maximum atomic E-state index is 12.9. The van der Waals surface area contributed by atoms with Gasteiger partial charge < -0.3 is 9.64 Å². The van der Waals surface area contributed by atoms with Crippen LogP contribution >= 0.6 is 0 Å². The van der Waals surface area contributed by atoms with Gasteiger partial charge in [-0.05, 0) is 34.1 Å². The maximum Gasteiger partial charge on any atom is 0.223 e. The molecule has 184 valence electrons. The first-order valence-corrected chi connectivity index (χ1v) is 13.7. The van der Waals surface area contributed by atoms with E-state index >= 15 is 0 Å². The van der Waals surface area contributed by atoms with Crippen molar-refractivity contribution < 1.29 is 9.53 Å². The number of unbranched alkanes of at least 4 members (excludes halogenated alkanes) is 16. The molecule has 0 saturated carbocycles. The molecule has 1 amide bonds. The third-order valence-corrected chi connectivity index (χ3v) is 6.86. The fraction of sp³-hybridized carbons (Fsp3) is 0.964. The second-order valence-corrected chi connectivity index (χ2v) is 11.3. The summed E-state index contributed by atoms with van der Waals surface area (Å²) in [5.74, 6) is 0.305. The molecule has 0 bridgehead atoms. The highest BCUT2D eigenvalue weighted by molar-refractivity contribution is 5.78. The third-order valence-electron chi connectivity index (χ3n) is 6.86. The van der Waals surface area contributed by atoms with Crippen molar-refractivity contribution in [3.05, 3.63) is 0 Å². The average Bonchev–Trinajstić information content (AvgIpc) is 2.69. The highest BCUT2D eigenvalue weighted by Crippen LogP contribution is 2.31. The molecule has 1 aliphatic heterocycles. The largest absolute Gasteiger partial charge is 0.377 e. The Hall–Kier alpha value is -0.570. The molecule has 3 heteroatoms. The van der Waals surface area contributed by atoms with Crippen LogP contribution in [0, 0.1) is 0 Å². The van der Waals surface area contributed by atoms with Crippen molar-refractivity contribution >= 4 is 5.91 Å². The number of hydrogen-bond donors (Lipinski definition) is 0. The molecule has 0 atom stereocenters. The Labute approximate surface area is 195 Å². The van der Waals surface area contributed by atoms with E-state index in [1.165, 1.54) is 103 Å². The summed E-state index contributed by atoms with van der Waals surface area (Å²) >= 11 is 0. The zero-order valence-electron chi connectivity index (χ0n) is 21.9. The lowest BCUT2D eigenvalue weighted by Gasteiger charge is -2.52. The molecule has 0 unspecified atom stereocenters. The number of rotatable bonds is 18. The minimum absolute atomic E-state index is 0.201. The van der Waals surface area contributed by atoms with Crippen molar-refractivity contribution in [3.63, 3.8) is 0 Å². The summed E-state index contributed by atoms with van der Waals surface area (Å²) in [6.07, 6.45) is 24.0. The van der Waals surface area contributed by atoms with Crippen LogP contribution in [-0.4, -0.2) is 35.1 Å². The van der Waals surface area contributed by atoms with Crippen LogP contribution in [0.3, 0.4) is 0 Å². The van der Waals surface area contributed by atoms with Crippen molar-refractivity contribution in [1.29, 1.82) is 0 Å². The fourth-order valence-corrected chi connectivity index (χ4v) is 5.29. The number of carbonyl (C=O) groups is 1. The first-order chi connectivity index (χ1) is 14.8. The van der Waals surface area contributed by atoms with Crippen molar-refractivity contribution in [1.82, 2.24) is 4.90 Å². The van der Waals surface area contributed by atoms with E-state index in [0.29, 0.717) is 25.5 Å². The molecular formula is C28H55NO2. The summed E-state index contributed by atoms with van der Waals surface area (Å²) in [5, 5.41) is 0. The molecule has 0 aromatic carbocycles. The van der Waals surface area contributed by atoms with Gasteiger partial charge in [-0.1, -0.05) is 110 Å². The molecular weight excluding hydrogens is 382 g/mol. The van der Waals surface area contributed by atoms with Gasteiger partial charge in [0.15, 0.2) is 0 Å². The van der Waals surface area contributed by atoms with Crippen molar-refractivity contribution in [3.8, 4) is 0 Å². The Morgan fingerprint density at radius 2 is 0.935 bits per heavy atom. The lowest BCUT2D eigenvalue weighted by atomic mass is 9.90. The Morgan fingerprint density at radius 3 is 1.29 bits per heavy atom. The summed E-state index contributed by atoms with van der Waals surface area (Å²) < 4.78 is 5.73. The van der Waals surface area contributed by atoms with Crippen molar-refractivity contribution in [2.75, 3.05) is 13.2 Å². The second kappa shape index (κ2) is 16.1. The highest BCUT2D eigenvalue weighted by atomic mass is 16.5. The lowest BCUT2D eigenvalue weighted by Crippen LogP contribution is -2.65. The topological polar surface area (TPSA) is 29.5 Å². The summed E-state index contributed by atoms with van der Waals surface area (Å²) in [5.41, 5.74) is -0.402. The van der Waals surface area contributed by atoms with E-state index in [2.05, 4.69) is 39.5 Å². The zero-order chi connectivity index (χ0) is 23.0. The highest BCUT2D eigenvalue weighted by Gasteiger charge is 2.44. The number of hydrogen-bond acceptors (Lipinski definition) is 2. The minimum Gasteiger partial charge on any atom is -0.377 e. The zero-order valence-corrected chi connectivity index (χ0v) is 21.9. The minimum atomic E-state index is -0.201. The quantitative estimate of drug-likeness (QED) is 0.201. The number of carbonyl (C=O) groups excluding carboxylic acids is 1. The fourth-order valence-electron chi connectivity index (χ4n) is 5.29. The molecule has 1 fully saturated rings. The Kier molecular flexibility index (Phi) is 14.8. The molecule has 0 aliphatic carbocycles. The summed E-state index contributed by atoms with van der Waals surface area (Å²) in [6.45, 7) is 12.1. The molecule has 31 heavy (non-hydrogen) atoms. The molecule has 1 saturated heterocycles. The summed E-state index contributed by atoms with van der Waals surface area (Å²) in [6, 6.07) is 0. The van der Waals surface area contributed by atoms with Crippen LogP contribution in [0.15, 0.2) is 0 Å². The molecule has 0 aromatic heterocycles. The van der Waals surface area contributed by atoms with Gasteiger partial charge in [-0.3, -0.25) is 4.79 Å². The van der Waals surface area contributed by atoms with Crippen LogP contribution in [0.2, 0.25) is 0 Å². The van der Waals surface area contributed by atoms with Gasteiger partial charge in [-0.2, -0.15) is 0 Å². The SMILES string of the molecule is CCCCCCCCCCCCCCCCCCCC(=O)N1C(C)(C)COCC1(C)C. The van der Waals surface area contributed by atoms with Gasteiger partial charge >= 0.3 is 0 Å². The van der Waals surface area contributed by atoms with E-state index in [1.807, 2.05) is 0 Å². The van der Waals surface area contributed by atoms with Crippen LogP contribution in [0.4, 0.5) is 0 Å². The molecule has 0 spiro atoms. The predicted molar refractivity (Wildman–Crippen MR) is 135 cm³/mol.